The fourth-order valence-corrected chi connectivity index (χ4v) is 6.31. The summed E-state index contributed by atoms with van der Waals surface area (Å²) >= 11 is 0. The van der Waals surface area contributed by atoms with Crippen molar-refractivity contribution in [2.75, 3.05) is 13.1 Å². The average Bonchev–Trinajstić information content (AvgIpc) is 2.75. The van der Waals surface area contributed by atoms with Crippen molar-refractivity contribution in [1.29, 1.82) is 0 Å². The molecule has 4 rings (SSSR count). The van der Waals surface area contributed by atoms with Crippen LogP contribution in [0, 0.1) is 30.1 Å². The van der Waals surface area contributed by atoms with Crippen LogP contribution in [0.1, 0.15) is 77.0 Å². The number of hydrogen-bond acceptors (Lipinski definition) is 3. The third-order valence-electron chi connectivity index (χ3n) is 7.88. The lowest BCUT2D eigenvalue weighted by Crippen LogP contribution is -2.62. The Morgan fingerprint density at radius 2 is 1.19 bits per heavy atom. The summed E-state index contributed by atoms with van der Waals surface area (Å²) in [4.78, 5) is 0. The summed E-state index contributed by atoms with van der Waals surface area (Å²) in [5, 5.41) is 11.8. The molecule has 0 spiro atoms. The van der Waals surface area contributed by atoms with Gasteiger partial charge in [-0.05, 0) is 89.1 Å². The van der Waals surface area contributed by atoms with Gasteiger partial charge in [0, 0.05) is 30.1 Å². The van der Waals surface area contributed by atoms with Crippen LogP contribution in [0.25, 0.3) is 0 Å². The molecule has 26 heavy (non-hydrogen) atoms. The average molecular weight is 358 g/mol. The molecule has 3 heterocycles. The smallest absolute Gasteiger partial charge is 0.0227 e. The Balaban J connectivity index is 1.43. The highest BCUT2D eigenvalue weighted by Gasteiger charge is 2.40. The highest BCUT2D eigenvalue weighted by atomic mass is 15.1. The first-order valence-corrected chi connectivity index (χ1v) is 11.5. The number of rotatable bonds is 3. The SMILES string of the molecule is C#CC1CCC(C2CC(C3CCCCN3)NC(C3CCCCN3)C2)CC1. The quantitative estimate of drug-likeness (QED) is 0.677. The molecule has 3 aliphatic heterocycles. The molecular formula is C23H39N3. The van der Waals surface area contributed by atoms with Gasteiger partial charge < -0.3 is 16.0 Å². The van der Waals surface area contributed by atoms with Crippen molar-refractivity contribution in [2.45, 2.75) is 101 Å². The Labute approximate surface area is 160 Å². The van der Waals surface area contributed by atoms with Gasteiger partial charge in [-0.1, -0.05) is 12.8 Å². The predicted molar refractivity (Wildman–Crippen MR) is 109 cm³/mol. The zero-order valence-corrected chi connectivity index (χ0v) is 16.5. The maximum Gasteiger partial charge on any atom is 0.0227 e. The zero-order valence-electron chi connectivity index (χ0n) is 16.5. The van der Waals surface area contributed by atoms with E-state index in [0.717, 1.165) is 11.8 Å². The highest BCUT2D eigenvalue weighted by Crippen LogP contribution is 2.40. The zero-order chi connectivity index (χ0) is 17.8. The van der Waals surface area contributed by atoms with Gasteiger partial charge in [-0.25, -0.2) is 0 Å². The van der Waals surface area contributed by atoms with Gasteiger partial charge in [0.15, 0.2) is 0 Å². The summed E-state index contributed by atoms with van der Waals surface area (Å²) in [6.07, 6.45) is 22.0. The van der Waals surface area contributed by atoms with Crippen LogP contribution in [0.2, 0.25) is 0 Å². The van der Waals surface area contributed by atoms with Crippen LogP contribution in [0.15, 0.2) is 0 Å². The van der Waals surface area contributed by atoms with E-state index in [4.69, 9.17) is 6.42 Å². The van der Waals surface area contributed by atoms with Crippen molar-refractivity contribution in [3.63, 3.8) is 0 Å². The summed E-state index contributed by atoms with van der Waals surface area (Å²) in [5.41, 5.74) is 0. The van der Waals surface area contributed by atoms with E-state index in [2.05, 4.69) is 21.9 Å². The second-order valence-corrected chi connectivity index (χ2v) is 9.50. The fourth-order valence-electron chi connectivity index (χ4n) is 6.31. The van der Waals surface area contributed by atoms with Crippen LogP contribution >= 0.6 is 0 Å². The lowest BCUT2D eigenvalue weighted by Gasteiger charge is -2.47. The molecule has 3 N–H and O–H groups in total. The first kappa shape index (κ1) is 18.8. The predicted octanol–water partition coefficient (Wildman–Crippen LogP) is 3.45. The van der Waals surface area contributed by atoms with Gasteiger partial charge in [0.05, 0.1) is 0 Å². The Bertz CT molecular complexity index is 438. The summed E-state index contributed by atoms with van der Waals surface area (Å²) in [5.74, 6) is 5.39. The van der Waals surface area contributed by atoms with Crippen molar-refractivity contribution in [2.24, 2.45) is 17.8 Å². The van der Waals surface area contributed by atoms with Crippen LogP contribution in [-0.4, -0.2) is 37.3 Å². The fraction of sp³-hybridized carbons (Fsp3) is 0.913. The molecule has 3 saturated heterocycles. The van der Waals surface area contributed by atoms with Gasteiger partial charge in [0.1, 0.15) is 0 Å². The molecule has 1 aliphatic carbocycles. The summed E-state index contributed by atoms with van der Waals surface area (Å²) in [6, 6.07) is 2.74. The van der Waals surface area contributed by atoms with Gasteiger partial charge in [0.25, 0.3) is 0 Å². The molecule has 146 valence electrons. The molecule has 0 amide bonds. The Hall–Kier alpha value is -0.560. The van der Waals surface area contributed by atoms with E-state index in [9.17, 15) is 0 Å². The lowest BCUT2D eigenvalue weighted by molar-refractivity contribution is 0.101. The summed E-state index contributed by atoms with van der Waals surface area (Å²) < 4.78 is 0. The van der Waals surface area contributed by atoms with Crippen LogP contribution in [0.4, 0.5) is 0 Å². The molecular weight excluding hydrogens is 318 g/mol. The van der Waals surface area contributed by atoms with E-state index in [0.29, 0.717) is 30.1 Å². The van der Waals surface area contributed by atoms with Crippen LogP contribution in [0.5, 0.6) is 0 Å². The van der Waals surface area contributed by atoms with Crippen molar-refractivity contribution in [3.8, 4) is 12.3 Å². The minimum absolute atomic E-state index is 0.555. The second kappa shape index (κ2) is 9.09. The van der Waals surface area contributed by atoms with Crippen molar-refractivity contribution in [1.82, 2.24) is 16.0 Å². The van der Waals surface area contributed by atoms with Gasteiger partial charge in [-0.3, -0.25) is 0 Å². The Kier molecular flexibility index (Phi) is 6.57. The monoisotopic (exact) mass is 357 g/mol. The lowest BCUT2D eigenvalue weighted by atomic mass is 9.68. The topological polar surface area (TPSA) is 36.1 Å². The van der Waals surface area contributed by atoms with E-state index in [-0.39, 0.29) is 0 Å². The second-order valence-electron chi connectivity index (χ2n) is 9.50. The first-order chi connectivity index (χ1) is 12.8. The molecule has 4 unspecified atom stereocenters. The van der Waals surface area contributed by atoms with E-state index in [1.807, 2.05) is 0 Å². The van der Waals surface area contributed by atoms with Crippen molar-refractivity contribution in [3.05, 3.63) is 0 Å². The maximum absolute atomic E-state index is 5.69. The molecule has 0 bridgehead atoms. The number of piperidine rings is 3. The minimum Gasteiger partial charge on any atom is -0.312 e. The largest absolute Gasteiger partial charge is 0.312 e. The van der Waals surface area contributed by atoms with E-state index >= 15 is 0 Å². The number of terminal acetylenes is 1. The van der Waals surface area contributed by atoms with E-state index < -0.39 is 0 Å². The van der Waals surface area contributed by atoms with E-state index in [1.54, 1.807) is 0 Å². The normalized spacial score (nSPS) is 45.0. The summed E-state index contributed by atoms with van der Waals surface area (Å²) in [7, 11) is 0. The molecule has 0 aromatic rings. The highest BCUT2D eigenvalue weighted by molar-refractivity contribution is 5.01. The number of hydrogen-bond donors (Lipinski definition) is 3. The Morgan fingerprint density at radius 3 is 1.65 bits per heavy atom. The van der Waals surface area contributed by atoms with Crippen LogP contribution in [0.3, 0.4) is 0 Å². The van der Waals surface area contributed by atoms with Crippen LogP contribution < -0.4 is 16.0 Å². The molecule has 0 aromatic carbocycles. The van der Waals surface area contributed by atoms with Gasteiger partial charge in [-0.15, -0.1) is 12.3 Å². The molecule has 3 heteroatoms. The van der Waals surface area contributed by atoms with Gasteiger partial charge >= 0.3 is 0 Å². The molecule has 0 aromatic heterocycles. The van der Waals surface area contributed by atoms with Gasteiger partial charge in [0.2, 0.25) is 0 Å². The molecule has 1 saturated carbocycles. The molecule has 4 aliphatic rings. The third kappa shape index (κ3) is 4.46. The third-order valence-corrected chi connectivity index (χ3v) is 7.88. The Morgan fingerprint density at radius 1 is 0.615 bits per heavy atom. The molecule has 4 atom stereocenters. The first-order valence-electron chi connectivity index (χ1n) is 11.5. The van der Waals surface area contributed by atoms with Crippen LogP contribution in [-0.2, 0) is 0 Å². The molecule has 0 radical (unpaired) electrons. The standard InChI is InChI=1S/C23H39N3/c1-2-17-9-11-18(12-10-17)19-15-22(20-7-3-5-13-24-20)26-23(16-19)21-8-4-6-14-25-21/h1,17-26H,3-16H2. The van der Waals surface area contributed by atoms with E-state index in [1.165, 1.54) is 90.1 Å². The van der Waals surface area contributed by atoms with Gasteiger partial charge in [-0.2, -0.15) is 0 Å². The maximum atomic E-state index is 5.69. The number of nitrogens with one attached hydrogen (secondary N) is 3. The van der Waals surface area contributed by atoms with Crippen molar-refractivity contribution >= 4 is 0 Å². The van der Waals surface area contributed by atoms with Crippen molar-refractivity contribution < 1.29 is 0 Å². The molecule has 3 nitrogen and oxygen atoms in total. The minimum atomic E-state index is 0.555. The molecule has 4 fully saturated rings. The summed E-state index contributed by atoms with van der Waals surface area (Å²) in [6.45, 7) is 2.43.